The number of carbonyl (C=O) groups excluding carboxylic acids is 2. The minimum Gasteiger partial charge on any atom is -0.373 e. The molecule has 2 fully saturated rings. The van der Waals surface area contributed by atoms with E-state index in [1.807, 2.05) is 20.8 Å². The number of rotatable bonds is 5. The topological polar surface area (TPSA) is 58.6 Å². The van der Waals surface area contributed by atoms with E-state index in [0.29, 0.717) is 13.0 Å². The van der Waals surface area contributed by atoms with Gasteiger partial charge in [0.1, 0.15) is 12.1 Å². The maximum absolute atomic E-state index is 12.7. The van der Waals surface area contributed by atoms with Crippen molar-refractivity contribution in [2.45, 2.75) is 77.7 Å². The smallest absolute Gasteiger partial charge is 0.245 e. The predicted molar refractivity (Wildman–Crippen MR) is 80.7 cm³/mol. The van der Waals surface area contributed by atoms with Crippen LogP contribution in [-0.2, 0) is 14.3 Å². The van der Waals surface area contributed by atoms with Gasteiger partial charge in [0.05, 0.1) is 12.2 Å². The molecule has 21 heavy (non-hydrogen) atoms. The van der Waals surface area contributed by atoms with Crippen molar-refractivity contribution in [2.75, 3.05) is 6.54 Å². The van der Waals surface area contributed by atoms with E-state index in [2.05, 4.69) is 12.2 Å². The number of piperazine rings is 1. The van der Waals surface area contributed by atoms with E-state index in [4.69, 9.17) is 4.74 Å². The number of nitrogens with one attached hydrogen (secondary N) is 1. The molecular weight excluding hydrogens is 268 g/mol. The molecule has 0 saturated carbocycles. The molecule has 0 aromatic heterocycles. The Morgan fingerprint density at radius 2 is 2.05 bits per heavy atom. The van der Waals surface area contributed by atoms with Crippen molar-refractivity contribution in [3.63, 3.8) is 0 Å². The summed E-state index contributed by atoms with van der Waals surface area (Å²) in [5.41, 5.74) is 0. The van der Waals surface area contributed by atoms with E-state index in [0.717, 1.165) is 19.3 Å². The summed E-state index contributed by atoms with van der Waals surface area (Å²) in [5, 5.41) is 2.89. The van der Waals surface area contributed by atoms with Crippen molar-refractivity contribution < 1.29 is 14.3 Å². The molecule has 5 nitrogen and oxygen atoms in total. The summed E-state index contributed by atoms with van der Waals surface area (Å²) in [5.74, 6) is 0.141. The molecule has 0 radical (unpaired) electrons. The number of amides is 2. The SMILES string of the molecule is CCCC1NC(=O)C(C(C)C)N(CC2CCC(C)O2)C1=O. The molecule has 1 N–H and O–H groups in total. The van der Waals surface area contributed by atoms with E-state index in [1.165, 1.54) is 0 Å². The van der Waals surface area contributed by atoms with Gasteiger partial charge in [-0.2, -0.15) is 0 Å². The monoisotopic (exact) mass is 296 g/mol. The summed E-state index contributed by atoms with van der Waals surface area (Å²) >= 11 is 0. The van der Waals surface area contributed by atoms with Crippen molar-refractivity contribution in [3.8, 4) is 0 Å². The fourth-order valence-electron chi connectivity index (χ4n) is 3.39. The van der Waals surface area contributed by atoms with E-state index >= 15 is 0 Å². The first kappa shape index (κ1) is 16.3. The first-order valence-electron chi connectivity index (χ1n) is 8.20. The molecule has 2 heterocycles. The van der Waals surface area contributed by atoms with E-state index < -0.39 is 0 Å². The average molecular weight is 296 g/mol. The number of hydrogen-bond acceptors (Lipinski definition) is 3. The van der Waals surface area contributed by atoms with Crippen molar-refractivity contribution in [1.82, 2.24) is 10.2 Å². The van der Waals surface area contributed by atoms with Crippen LogP contribution in [0, 0.1) is 5.92 Å². The second-order valence-electron chi connectivity index (χ2n) is 6.68. The van der Waals surface area contributed by atoms with Gasteiger partial charge in [0.15, 0.2) is 0 Å². The number of ether oxygens (including phenoxy) is 1. The van der Waals surface area contributed by atoms with Crippen molar-refractivity contribution in [3.05, 3.63) is 0 Å². The molecule has 0 spiro atoms. The Labute approximate surface area is 127 Å². The van der Waals surface area contributed by atoms with Crippen LogP contribution in [0.2, 0.25) is 0 Å². The number of hydrogen-bond donors (Lipinski definition) is 1. The van der Waals surface area contributed by atoms with E-state index in [-0.39, 0.29) is 42.0 Å². The molecule has 5 heteroatoms. The lowest BCUT2D eigenvalue weighted by Crippen LogP contribution is -2.65. The van der Waals surface area contributed by atoms with Crippen LogP contribution in [0.5, 0.6) is 0 Å². The number of carbonyl (C=O) groups is 2. The fourth-order valence-corrected chi connectivity index (χ4v) is 3.39. The van der Waals surface area contributed by atoms with Crippen molar-refractivity contribution in [2.24, 2.45) is 5.92 Å². The molecule has 2 aliphatic rings. The van der Waals surface area contributed by atoms with Gasteiger partial charge in [0.25, 0.3) is 0 Å². The largest absolute Gasteiger partial charge is 0.373 e. The highest BCUT2D eigenvalue weighted by atomic mass is 16.5. The lowest BCUT2D eigenvalue weighted by Gasteiger charge is -2.41. The zero-order valence-electron chi connectivity index (χ0n) is 13.6. The van der Waals surface area contributed by atoms with Gasteiger partial charge in [-0.05, 0) is 32.1 Å². The normalized spacial score (nSPS) is 33.7. The highest BCUT2D eigenvalue weighted by molar-refractivity contribution is 5.97. The van der Waals surface area contributed by atoms with Crippen LogP contribution in [0.25, 0.3) is 0 Å². The molecule has 0 aromatic carbocycles. The molecule has 2 rings (SSSR count). The summed E-state index contributed by atoms with van der Waals surface area (Å²) in [6.45, 7) is 8.61. The van der Waals surface area contributed by atoms with Crippen LogP contribution < -0.4 is 5.32 Å². The summed E-state index contributed by atoms with van der Waals surface area (Å²) in [4.78, 5) is 26.8. The van der Waals surface area contributed by atoms with Crippen LogP contribution >= 0.6 is 0 Å². The Morgan fingerprint density at radius 3 is 2.57 bits per heavy atom. The maximum Gasteiger partial charge on any atom is 0.245 e. The van der Waals surface area contributed by atoms with Crippen molar-refractivity contribution in [1.29, 1.82) is 0 Å². The van der Waals surface area contributed by atoms with Gasteiger partial charge in [-0.15, -0.1) is 0 Å². The summed E-state index contributed by atoms with van der Waals surface area (Å²) in [6.07, 6.45) is 3.91. The lowest BCUT2D eigenvalue weighted by atomic mass is 9.95. The Kier molecular flexibility index (Phi) is 5.25. The zero-order chi connectivity index (χ0) is 15.6. The molecule has 4 unspecified atom stereocenters. The standard InChI is InChI=1S/C16H28N2O3/c1-5-6-13-16(20)18(9-12-8-7-11(4)21-12)14(10(2)3)15(19)17-13/h10-14H,5-9H2,1-4H3,(H,17,19). The molecule has 0 bridgehead atoms. The third-order valence-electron chi connectivity index (χ3n) is 4.43. The second-order valence-corrected chi connectivity index (χ2v) is 6.68. The minimum absolute atomic E-state index is 0.0194. The van der Waals surface area contributed by atoms with Crippen LogP contribution in [0.4, 0.5) is 0 Å². The van der Waals surface area contributed by atoms with Crippen molar-refractivity contribution >= 4 is 11.8 Å². The fraction of sp³-hybridized carbons (Fsp3) is 0.875. The average Bonchev–Trinajstić information content (AvgIpc) is 2.80. The maximum atomic E-state index is 12.7. The van der Waals surface area contributed by atoms with Gasteiger partial charge in [-0.25, -0.2) is 0 Å². The minimum atomic E-state index is -0.370. The third kappa shape index (κ3) is 3.57. The van der Waals surface area contributed by atoms with Gasteiger partial charge in [0.2, 0.25) is 11.8 Å². The highest BCUT2D eigenvalue weighted by Crippen LogP contribution is 2.25. The second kappa shape index (κ2) is 6.77. The Morgan fingerprint density at radius 1 is 1.33 bits per heavy atom. The summed E-state index contributed by atoms with van der Waals surface area (Å²) < 4.78 is 5.85. The van der Waals surface area contributed by atoms with Gasteiger partial charge < -0.3 is 15.0 Å². The van der Waals surface area contributed by atoms with E-state index in [9.17, 15) is 9.59 Å². The Balaban J connectivity index is 2.13. The Bertz CT molecular complexity index is 397. The van der Waals surface area contributed by atoms with Crippen LogP contribution in [0.15, 0.2) is 0 Å². The van der Waals surface area contributed by atoms with Gasteiger partial charge in [0, 0.05) is 6.54 Å². The molecule has 0 aliphatic carbocycles. The Hall–Kier alpha value is -1.10. The molecule has 120 valence electrons. The van der Waals surface area contributed by atoms with Gasteiger partial charge in [-0.1, -0.05) is 27.2 Å². The molecule has 0 aromatic rings. The molecule has 2 aliphatic heterocycles. The predicted octanol–water partition coefficient (Wildman–Crippen LogP) is 1.71. The highest BCUT2D eigenvalue weighted by Gasteiger charge is 2.42. The number of nitrogens with zero attached hydrogens (tertiary/aromatic N) is 1. The van der Waals surface area contributed by atoms with Crippen LogP contribution in [-0.4, -0.2) is 47.6 Å². The molecule has 2 amide bonds. The van der Waals surface area contributed by atoms with E-state index in [1.54, 1.807) is 4.90 Å². The van der Waals surface area contributed by atoms with Gasteiger partial charge >= 0.3 is 0 Å². The quantitative estimate of drug-likeness (QED) is 0.840. The zero-order valence-corrected chi connectivity index (χ0v) is 13.6. The third-order valence-corrected chi connectivity index (χ3v) is 4.43. The first-order chi connectivity index (χ1) is 9.93. The molecular formula is C16H28N2O3. The molecule has 4 atom stereocenters. The van der Waals surface area contributed by atoms with Gasteiger partial charge in [-0.3, -0.25) is 9.59 Å². The molecule has 2 saturated heterocycles. The van der Waals surface area contributed by atoms with Crippen LogP contribution in [0.1, 0.15) is 53.4 Å². The van der Waals surface area contributed by atoms with Crippen LogP contribution in [0.3, 0.4) is 0 Å². The summed E-state index contributed by atoms with van der Waals surface area (Å²) in [7, 11) is 0. The lowest BCUT2D eigenvalue weighted by molar-refractivity contribution is -0.153. The first-order valence-corrected chi connectivity index (χ1v) is 8.20. The summed E-state index contributed by atoms with van der Waals surface area (Å²) in [6, 6.07) is -0.735.